The standard InChI is InChI=1S/C22H26FN3O2/c23-22(16-25-20-14-19(20)18-4-2-1-3-5-18)8-12-26(13-9-22)21(27)28-15-17-6-10-24-11-7-17/h1-7,10-11,19-20,25H,8-9,12-16H2/t19-,20+/m0/s1. The van der Waals surface area contributed by atoms with Gasteiger partial charge in [-0.25, -0.2) is 9.18 Å². The van der Waals surface area contributed by atoms with Gasteiger partial charge in [0.15, 0.2) is 0 Å². The van der Waals surface area contributed by atoms with Crippen molar-refractivity contribution >= 4 is 6.09 Å². The van der Waals surface area contributed by atoms with Crippen LogP contribution in [0.1, 0.15) is 36.3 Å². The van der Waals surface area contributed by atoms with Crippen LogP contribution in [0.15, 0.2) is 54.9 Å². The summed E-state index contributed by atoms with van der Waals surface area (Å²) in [4.78, 5) is 17.7. The SMILES string of the molecule is O=C(OCc1ccncc1)N1CCC(F)(CN[C@@H]2C[C@H]2c2ccccc2)CC1. The van der Waals surface area contributed by atoms with Crippen LogP contribution in [0.2, 0.25) is 0 Å². The fourth-order valence-electron chi connectivity index (χ4n) is 3.79. The maximum Gasteiger partial charge on any atom is 0.410 e. The molecule has 0 unspecified atom stereocenters. The number of nitrogens with zero attached hydrogens (tertiary/aromatic N) is 2. The van der Waals surface area contributed by atoms with Crippen LogP contribution in [0.4, 0.5) is 9.18 Å². The molecule has 6 heteroatoms. The van der Waals surface area contributed by atoms with Crippen molar-refractivity contribution < 1.29 is 13.9 Å². The number of benzene rings is 1. The number of aromatic nitrogens is 1. The number of nitrogens with one attached hydrogen (secondary N) is 1. The minimum atomic E-state index is -1.26. The predicted molar refractivity (Wildman–Crippen MR) is 105 cm³/mol. The van der Waals surface area contributed by atoms with E-state index in [1.807, 2.05) is 30.3 Å². The lowest BCUT2D eigenvalue weighted by Crippen LogP contribution is -2.49. The van der Waals surface area contributed by atoms with Crippen molar-refractivity contribution in [2.75, 3.05) is 19.6 Å². The first-order chi connectivity index (χ1) is 13.6. The molecule has 1 aromatic heterocycles. The number of hydrogen-bond acceptors (Lipinski definition) is 4. The van der Waals surface area contributed by atoms with Crippen LogP contribution in [0.5, 0.6) is 0 Å². The molecular weight excluding hydrogens is 357 g/mol. The summed E-state index contributed by atoms with van der Waals surface area (Å²) < 4.78 is 20.5. The highest BCUT2D eigenvalue weighted by molar-refractivity contribution is 5.67. The van der Waals surface area contributed by atoms with Crippen molar-refractivity contribution in [2.24, 2.45) is 0 Å². The Balaban J connectivity index is 1.18. The Labute approximate surface area is 164 Å². The number of rotatable bonds is 6. The van der Waals surface area contributed by atoms with Crippen LogP contribution in [-0.4, -0.2) is 47.3 Å². The molecule has 1 N–H and O–H groups in total. The van der Waals surface area contributed by atoms with Crippen LogP contribution in [0.3, 0.4) is 0 Å². The first kappa shape index (κ1) is 18.9. The number of carbonyl (C=O) groups excluding carboxylic acids is 1. The van der Waals surface area contributed by atoms with Crippen LogP contribution in [0, 0.1) is 0 Å². The Morgan fingerprint density at radius 2 is 1.89 bits per heavy atom. The molecule has 1 aliphatic carbocycles. The largest absolute Gasteiger partial charge is 0.445 e. The van der Waals surface area contributed by atoms with E-state index in [4.69, 9.17) is 4.74 Å². The molecule has 148 valence electrons. The first-order valence-corrected chi connectivity index (χ1v) is 9.91. The highest BCUT2D eigenvalue weighted by Crippen LogP contribution is 2.41. The fourth-order valence-corrected chi connectivity index (χ4v) is 3.79. The monoisotopic (exact) mass is 383 g/mol. The molecule has 4 rings (SSSR count). The molecule has 2 aliphatic rings. The van der Waals surface area contributed by atoms with E-state index in [1.165, 1.54) is 5.56 Å². The van der Waals surface area contributed by atoms with Gasteiger partial charge >= 0.3 is 6.09 Å². The third kappa shape index (κ3) is 4.68. The molecule has 28 heavy (non-hydrogen) atoms. The average molecular weight is 383 g/mol. The number of likely N-dealkylation sites (tertiary alicyclic amines) is 1. The summed E-state index contributed by atoms with van der Waals surface area (Å²) in [5.74, 6) is 0.494. The highest BCUT2D eigenvalue weighted by Gasteiger charge is 2.42. The molecule has 1 aliphatic heterocycles. The van der Waals surface area contributed by atoms with Gasteiger partial charge in [0, 0.05) is 56.8 Å². The number of halogens is 1. The number of piperidine rings is 1. The lowest BCUT2D eigenvalue weighted by Gasteiger charge is -2.36. The van der Waals surface area contributed by atoms with Crippen LogP contribution >= 0.6 is 0 Å². The van der Waals surface area contributed by atoms with Crippen molar-refractivity contribution in [1.29, 1.82) is 0 Å². The van der Waals surface area contributed by atoms with E-state index < -0.39 is 5.67 Å². The van der Waals surface area contributed by atoms with E-state index in [2.05, 4.69) is 22.4 Å². The molecule has 1 amide bonds. The van der Waals surface area contributed by atoms with E-state index in [1.54, 1.807) is 17.3 Å². The van der Waals surface area contributed by atoms with Gasteiger partial charge in [0.1, 0.15) is 12.3 Å². The topological polar surface area (TPSA) is 54.5 Å². The van der Waals surface area contributed by atoms with Gasteiger partial charge < -0.3 is 15.0 Å². The zero-order valence-corrected chi connectivity index (χ0v) is 15.9. The maximum atomic E-state index is 15.1. The predicted octanol–water partition coefficient (Wildman–Crippen LogP) is 3.67. The zero-order valence-electron chi connectivity index (χ0n) is 15.9. The summed E-state index contributed by atoms with van der Waals surface area (Å²) in [6.07, 6.45) is 4.69. The van der Waals surface area contributed by atoms with Crippen molar-refractivity contribution in [1.82, 2.24) is 15.2 Å². The number of ether oxygens (including phenoxy) is 1. The molecule has 2 heterocycles. The smallest absolute Gasteiger partial charge is 0.410 e. The lowest BCUT2D eigenvalue weighted by atomic mass is 9.93. The summed E-state index contributed by atoms with van der Waals surface area (Å²) in [6, 6.07) is 14.3. The van der Waals surface area contributed by atoms with Crippen LogP contribution in [0.25, 0.3) is 0 Å². The minimum Gasteiger partial charge on any atom is -0.445 e. The zero-order chi connectivity index (χ0) is 19.4. The fraction of sp³-hybridized carbons (Fsp3) is 0.455. The van der Waals surface area contributed by atoms with Crippen molar-refractivity contribution in [3.05, 3.63) is 66.0 Å². The molecule has 0 bridgehead atoms. The second-order valence-corrected chi connectivity index (χ2v) is 7.79. The first-order valence-electron chi connectivity index (χ1n) is 9.91. The van der Waals surface area contributed by atoms with Gasteiger partial charge in [0.25, 0.3) is 0 Å². The Bertz CT molecular complexity index is 779. The lowest BCUT2D eigenvalue weighted by molar-refractivity contribution is 0.0408. The van der Waals surface area contributed by atoms with E-state index in [9.17, 15) is 4.79 Å². The third-order valence-electron chi connectivity index (χ3n) is 5.73. The molecule has 5 nitrogen and oxygen atoms in total. The number of pyridine rings is 1. The minimum absolute atomic E-state index is 0.211. The molecule has 0 spiro atoms. The second kappa shape index (κ2) is 8.27. The van der Waals surface area contributed by atoms with Gasteiger partial charge in [-0.2, -0.15) is 0 Å². The highest BCUT2D eigenvalue weighted by atomic mass is 19.1. The third-order valence-corrected chi connectivity index (χ3v) is 5.73. The van der Waals surface area contributed by atoms with Crippen molar-refractivity contribution in [3.8, 4) is 0 Å². The van der Waals surface area contributed by atoms with Crippen molar-refractivity contribution in [2.45, 2.75) is 43.5 Å². The van der Waals surface area contributed by atoms with E-state index in [0.29, 0.717) is 44.4 Å². The molecule has 1 aromatic carbocycles. The van der Waals surface area contributed by atoms with Crippen molar-refractivity contribution in [3.63, 3.8) is 0 Å². The number of alkyl halides is 1. The normalized spacial score (nSPS) is 23.2. The molecule has 1 saturated heterocycles. The quantitative estimate of drug-likeness (QED) is 0.827. The van der Waals surface area contributed by atoms with Gasteiger partial charge in [0.05, 0.1) is 0 Å². The Hall–Kier alpha value is -2.47. The average Bonchev–Trinajstić information content (AvgIpc) is 3.53. The second-order valence-electron chi connectivity index (χ2n) is 7.79. The Morgan fingerprint density at radius 1 is 1.18 bits per heavy atom. The van der Waals surface area contributed by atoms with Gasteiger partial charge in [-0.05, 0) is 29.7 Å². The van der Waals surface area contributed by atoms with Crippen LogP contribution < -0.4 is 5.32 Å². The Morgan fingerprint density at radius 3 is 2.61 bits per heavy atom. The number of hydrogen-bond donors (Lipinski definition) is 1. The summed E-state index contributed by atoms with van der Waals surface area (Å²) in [7, 11) is 0. The van der Waals surface area contributed by atoms with Gasteiger partial charge in [-0.15, -0.1) is 0 Å². The number of carbonyl (C=O) groups is 1. The molecule has 2 fully saturated rings. The van der Waals surface area contributed by atoms with Gasteiger partial charge in [-0.1, -0.05) is 30.3 Å². The number of amides is 1. The maximum absolute atomic E-state index is 15.1. The van der Waals surface area contributed by atoms with Gasteiger partial charge in [0.2, 0.25) is 0 Å². The molecule has 2 atom stereocenters. The molecule has 2 aromatic rings. The summed E-state index contributed by atoms with van der Waals surface area (Å²) in [6.45, 7) is 1.34. The molecule has 1 saturated carbocycles. The molecule has 0 radical (unpaired) electrons. The molecular formula is C22H26FN3O2. The van der Waals surface area contributed by atoms with E-state index >= 15 is 4.39 Å². The summed E-state index contributed by atoms with van der Waals surface area (Å²) >= 11 is 0. The Kier molecular flexibility index (Phi) is 5.57. The van der Waals surface area contributed by atoms with Crippen LogP contribution in [-0.2, 0) is 11.3 Å². The summed E-state index contributed by atoms with van der Waals surface area (Å²) in [5, 5.41) is 3.39. The van der Waals surface area contributed by atoms with E-state index in [0.717, 1.165) is 12.0 Å². The summed E-state index contributed by atoms with van der Waals surface area (Å²) in [5.41, 5.74) is 0.951. The van der Waals surface area contributed by atoms with E-state index in [-0.39, 0.29) is 12.7 Å². The van der Waals surface area contributed by atoms with Gasteiger partial charge in [-0.3, -0.25) is 4.98 Å².